The molecule has 4 aromatic rings. The Morgan fingerprint density at radius 2 is 1.43 bits per heavy atom. The molecule has 9 nitrogen and oxygen atoms in total. The van der Waals surface area contributed by atoms with Crippen LogP contribution in [0, 0.1) is 13.8 Å². The van der Waals surface area contributed by atoms with E-state index in [1.165, 1.54) is 5.56 Å². The quantitative estimate of drug-likeness (QED) is 0.244. The molecule has 3 aromatic carbocycles. The first-order valence-electron chi connectivity index (χ1n) is 11.7. The number of aryl methyl sites for hydroxylation is 2. The number of rotatable bonds is 9. The van der Waals surface area contributed by atoms with Crippen molar-refractivity contribution >= 4 is 40.8 Å². The number of nitrogens with one attached hydrogen (secondary N) is 4. The van der Waals surface area contributed by atoms with E-state index in [2.05, 4.69) is 31.2 Å². The topological polar surface area (TPSA) is 117 Å². The van der Waals surface area contributed by atoms with Gasteiger partial charge in [0.25, 0.3) is 0 Å². The molecule has 0 aliphatic rings. The molecule has 0 bridgehead atoms. The van der Waals surface area contributed by atoms with Crippen LogP contribution in [-0.4, -0.2) is 28.5 Å². The number of anilines is 5. The van der Waals surface area contributed by atoms with Crippen molar-refractivity contribution in [2.24, 2.45) is 0 Å². The highest BCUT2D eigenvalue weighted by Gasteiger charge is 2.08. The molecule has 9 heteroatoms. The van der Waals surface area contributed by atoms with Crippen LogP contribution in [0.4, 0.5) is 33.6 Å². The maximum absolute atomic E-state index is 12.2. The second kappa shape index (κ2) is 12.2. The lowest BCUT2D eigenvalue weighted by Crippen LogP contribution is -2.33. The Hall–Kier alpha value is -4.92. The van der Waals surface area contributed by atoms with Crippen molar-refractivity contribution < 1.29 is 14.3 Å². The Morgan fingerprint density at radius 1 is 0.784 bits per heavy atom. The van der Waals surface area contributed by atoms with E-state index in [0.29, 0.717) is 17.5 Å². The molecule has 0 aliphatic heterocycles. The van der Waals surface area contributed by atoms with Crippen molar-refractivity contribution in [2.75, 3.05) is 22.5 Å². The van der Waals surface area contributed by atoms with Gasteiger partial charge in [-0.05, 0) is 55.8 Å². The first-order chi connectivity index (χ1) is 17.9. The Bertz CT molecular complexity index is 1340. The normalized spacial score (nSPS) is 10.3. The zero-order valence-corrected chi connectivity index (χ0v) is 20.6. The SMILES string of the molecule is Cc1ccc(Nc2nc(C)cc(Nc3ccc(NC(=O)CNC(=O)OCc4ccccc4)cc3)n2)cc1. The highest BCUT2D eigenvalue weighted by Crippen LogP contribution is 2.21. The lowest BCUT2D eigenvalue weighted by atomic mass is 10.2. The smallest absolute Gasteiger partial charge is 0.407 e. The first-order valence-corrected chi connectivity index (χ1v) is 11.7. The zero-order valence-electron chi connectivity index (χ0n) is 20.6. The van der Waals surface area contributed by atoms with Crippen molar-refractivity contribution in [2.45, 2.75) is 20.5 Å². The van der Waals surface area contributed by atoms with Crippen LogP contribution in [0.15, 0.2) is 84.9 Å². The van der Waals surface area contributed by atoms with Crippen molar-refractivity contribution in [1.82, 2.24) is 15.3 Å². The second-order valence-corrected chi connectivity index (χ2v) is 8.38. The molecule has 0 aliphatic carbocycles. The molecule has 4 N–H and O–H groups in total. The number of benzene rings is 3. The molecular formula is C28H28N6O3. The van der Waals surface area contributed by atoms with Crippen LogP contribution in [0.5, 0.6) is 0 Å². The Labute approximate surface area is 215 Å². The van der Waals surface area contributed by atoms with Gasteiger partial charge in [-0.2, -0.15) is 4.98 Å². The molecule has 2 amide bonds. The van der Waals surface area contributed by atoms with Crippen molar-refractivity contribution in [3.8, 4) is 0 Å². The van der Waals surface area contributed by atoms with E-state index in [9.17, 15) is 9.59 Å². The predicted octanol–water partition coefficient (Wildman–Crippen LogP) is 5.45. The molecule has 188 valence electrons. The summed E-state index contributed by atoms with van der Waals surface area (Å²) in [5.41, 5.74) is 5.14. The molecule has 0 spiro atoms. The Kier molecular flexibility index (Phi) is 8.28. The molecule has 4 rings (SSSR count). The molecule has 1 aromatic heterocycles. The summed E-state index contributed by atoms with van der Waals surface area (Å²) in [5.74, 6) is 0.762. The van der Waals surface area contributed by atoms with Crippen LogP contribution in [-0.2, 0) is 16.1 Å². The monoisotopic (exact) mass is 496 g/mol. The fraction of sp³-hybridized carbons (Fsp3) is 0.143. The van der Waals surface area contributed by atoms with Gasteiger partial charge in [0.2, 0.25) is 11.9 Å². The van der Waals surface area contributed by atoms with Gasteiger partial charge >= 0.3 is 6.09 Å². The third kappa shape index (κ3) is 8.07. The van der Waals surface area contributed by atoms with Gasteiger partial charge in [-0.25, -0.2) is 9.78 Å². The van der Waals surface area contributed by atoms with E-state index in [4.69, 9.17) is 4.74 Å². The van der Waals surface area contributed by atoms with Gasteiger partial charge in [0, 0.05) is 28.8 Å². The molecule has 1 heterocycles. The van der Waals surface area contributed by atoms with Gasteiger partial charge < -0.3 is 26.0 Å². The lowest BCUT2D eigenvalue weighted by molar-refractivity contribution is -0.115. The zero-order chi connectivity index (χ0) is 26.0. The minimum atomic E-state index is -0.657. The Morgan fingerprint density at radius 3 is 2.16 bits per heavy atom. The molecule has 0 saturated carbocycles. The fourth-order valence-corrected chi connectivity index (χ4v) is 3.37. The van der Waals surface area contributed by atoms with Crippen molar-refractivity contribution in [3.63, 3.8) is 0 Å². The van der Waals surface area contributed by atoms with Gasteiger partial charge in [-0.15, -0.1) is 0 Å². The maximum Gasteiger partial charge on any atom is 0.407 e. The second-order valence-electron chi connectivity index (χ2n) is 8.38. The largest absolute Gasteiger partial charge is 0.445 e. The number of alkyl carbamates (subject to hydrolysis) is 1. The number of nitrogens with zero attached hydrogens (tertiary/aromatic N) is 2. The summed E-state index contributed by atoms with van der Waals surface area (Å²) < 4.78 is 5.10. The van der Waals surface area contributed by atoms with Gasteiger partial charge in [-0.3, -0.25) is 4.79 Å². The molecule has 37 heavy (non-hydrogen) atoms. The van der Waals surface area contributed by atoms with Crippen molar-refractivity contribution in [3.05, 3.63) is 102 Å². The van der Waals surface area contributed by atoms with Crippen LogP contribution < -0.4 is 21.3 Å². The molecule has 0 unspecified atom stereocenters. The summed E-state index contributed by atoms with van der Waals surface area (Å²) in [6.45, 7) is 3.87. The third-order valence-corrected chi connectivity index (χ3v) is 5.21. The number of carbonyl (C=O) groups is 2. The average molecular weight is 497 g/mol. The van der Waals surface area contributed by atoms with Gasteiger partial charge in [-0.1, -0.05) is 48.0 Å². The Balaban J connectivity index is 1.26. The summed E-state index contributed by atoms with van der Waals surface area (Å²) in [4.78, 5) is 33.0. The molecule has 0 saturated heterocycles. The minimum absolute atomic E-state index is 0.137. The molecule has 0 fully saturated rings. The van der Waals surface area contributed by atoms with Crippen molar-refractivity contribution in [1.29, 1.82) is 0 Å². The minimum Gasteiger partial charge on any atom is -0.445 e. The molecular weight excluding hydrogens is 468 g/mol. The number of amides is 2. The standard InChI is InChI=1S/C28H28N6O3/c1-19-8-10-24(11-9-19)33-27-30-20(2)16-25(34-27)31-22-12-14-23(15-13-22)32-26(35)17-29-28(36)37-18-21-6-4-3-5-7-21/h3-16H,17-18H2,1-2H3,(H,29,36)(H,32,35)(H2,30,31,33,34). The average Bonchev–Trinajstić information content (AvgIpc) is 2.89. The van der Waals surface area contributed by atoms with Gasteiger partial charge in [0.05, 0.1) is 0 Å². The van der Waals surface area contributed by atoms with E-state index in [-0.39, 0.29) is 19.1 Å². The summed E-state index contributed by atoms with van der Waals surface area (Å²) in [5, 5.41) is 11.6. The maximum atomic E-state index is 12.2. The summed E-state index contributed by atoms with van der Waals surface area (Å²) in [6, 6.07) is 26.3. The van der Waals surface area contributed by atoms with Gasteiger partial charge in [0.1, 0.15) is 19.0 Å². The van der Waals surface area contributed by atoms with Crippen LogP contribution in [0.1, 0.15) is 16.8 Å². The number of ether oxygens (including phenoxy) is 1. The van der Waals surface area contributed by atoms with Crippen LogP contribution in [0.2, 0.25) is 0 Å². The summed E-state index contributed by atoms with van der Waals surface area (Å²) in [7, 11) is 0. The van der Waals surface area contributed by atoms with E-state index < -0.39 is 6.09 Å². The van der Waals surface area contributed by atoms with E-state index in [1.807, 2.05) is 86.6 Å². The number of carbonyl (C=O) groups excluding carboxylic acids is 2. The summed E-state index contributed by atoms with van der Waals surface area (Å²) >= 11 is 0. The van der Waals surface area contributed by atoms with E-state index >= 15 is 0 Å². The number of hydrogen-bond donors (Lipinski definition) is 4. The highest BCUT2D eigenvalue weighted by molar-refractivity contribution is 5.94. The molecule has 0 atom stereocenters. The van der Waals surface area contributed by atoms with Crippen LogP contribution in [0.25, 0.3) is 0 Å². The number of aromatic nitrogens is 2. The fourth-order valence-electron chi connectivity index (χ4n) is 3.37. The first kappa shape index (κ1) is 25.2. The van der Waals surface area contributed by atoms with Gasteiger partial charge in [0.15, 0.2) is 0 Å². The van der Waals surface area contributed by atoms with Crippen LogP contribution in [0.3, 0.4) is 0 Å². The predicted molar refractivity (Wildman–Crippen MR) is 144 cm³/mol. The van der Waals surface area contributed by atoms with E-state index in [1.54, 1.807) is 12.1 Å². The summed E-state index contributed by atoms with van der Waals surface area (Å²) in [6.07, 6.45) is -0.657. The van der Waals surface area contributed by atoms with E-state index in [0.717, 1.165) is 22.6 Å². The highest BCUT2D eigenvalue weighted by atomic mass is 16.5. The lowest BCUT2D eigenvalue weighted by Gasteiger charge is -2.11. The third-order valence-electron chi connectivity index (χ3n) is 5.21. The molecule has 0 radical (unpaired) electrons. The van der Waals surface area contributed by atoms with Crippen LogP contribution >= 0.6 is 0 Å². The number of hydrogen-bond acceptors (Lipinski definition) is 7.